The highest BCUT2D eigenvalue weighted by Gasteiger charge is 2.30. The predicted molar refractivity (Wildman–Crippen MR) is 160 cm³/mol. The van der Waals surface area contributed by atoms with Crippen molar-refractivity contribution < 1.29 is 24.2 Å². The van der Waals surface area contributed by atoms with Crippen LogP contribution in [0.5, 0.6) is 0 Å². The number of carbonyl (C=O) groups excluding carboxylic acids is 2. The van der Waals surface area contributed by atoms with Gasteiger partial charge in [-0.05, 0) is 66.6 Å². The lowest BCUT2D eigenvalue weighted by Gasteiger charge is -2.20. The van der Waals surface area contributed by atoms with E-state index in [2.05, 4.69) is 4.57 Å². The van der Waals surface area contributed by atoms with Crippen molar-refractivity contribution in [3.63, 3.8) is 0 Å². The molecule has 0 radical (unpaired) electrons. The van der Waals surface area contributed by atoms with Gasteiger partial charge in [-0.25, -0.2) is 4.39 Å². The summed E-state index contributed by atoms with van der Waals surface area (Å²) in [6, 6.07) is 25.6. The highest BCUT2D eigenvalue weighted by molar-refractivity contribution is 6.08. The van der Waals surface area contributed by atoms with E-state index in [9.17, 15) is 24.2 Å². The molecule has 2 N–H and O–H groups in total. The molecule has 1 aromatic heterocycles. The summed E-state index contributed by atoms with van der Waals surface area (Å²) >= 11 is 0. The first kappa shape index (κ1) is 30.1. The monoisotopic (exact) mass is 555 g/mol. The summed E-state index contributed by atoms with van der Waals surface area (Å²) in [7, 11) is 0. The molecular weight excluding hydrogens is 517 g/mol. The van der Waals surface area contributed by atoms with Crippen molar-refractivity contribution in [3.05, 3.63) is 108 Å². The maximum atomic E-state index is 14.2. The highest BCUT2D eigenvalue weighted by Crippen LogP contribution is 2.43. The Hall–Kier alpha value is -3.87. The van der Waals surface area contributed by atoms with E-state index in [1.54, 1.807) is 12.1 Å². The molecule has 0 bridgehead atoms. The number of halogens is 1. The molecule has 3 aromatic carbocycles. The molecule has 6 heteroatoms. The van der Waals surface area contributed by atoms with Crippen LogP contribution in [0.4, 0.5) is 4.39 Å². The van der Waals surface area contributed by atoms with Gasteiger partial charge in [0, 0.05) is 36.2 Å². The molecular formula is C35H38FNO4. The van der Waals surface area contributed by atoms with Gasteiger partial charge in [-0.3, -0.25) is 9.59 Å². The Labute approximate surface area is 241 Å². The number of carbonyl (C=O) groups is 2. The number of hydrogen-bond acceptors (Lipinski definition) is 4. The molecule has 0 saturated heterocycles. The predicted octanol–water partition coefficient (Wildman–Crippen LogP) is 6.99. The van der Waals surface area contributed by atoms with E-state index in [0.717, 1.165) is 33.6 Å². The molecule has 4 rings (SSSR count). The normalized spacial score (nSPS) is 12.9. The Balaban J connectivity index is 1.89. The number of rotatable bonds is 13. The van der Waals surface area contributed by atoms with Crippen molar-refractivity contribution in [2.75, 3.05) is 0 Å². The fraction of sp³-hybridized carbons (Fsp3) is 0.314. The largest absolute Gasteiger partial charge is 0.393 e. The van der Waals surface area contributed by atoms with Gasteiger partial charge in [-0.15, -0.1) is 0 Å². The van der Waals surface area contributed by atoms with E-state index in [4.69, 9.17) is 0 Å². The highest BCUT2D eigenvalue weighted by atomic mass is 19.1. The summed E-state index contributed by atoms with van der Waals surface area (Å²) in [5, 5.41) is 21.0. The molecule has 5 nitrogen and oxygen atoms in total. The minimum Gasteiger partial charge on any atom is -0.393 e. The van der Waals surface area contributed by atoms with Crippen LogP contribution >= 0.6 is 0 Å². The lowest BCUT2D eigenvalue weighted by molar-refractivity contribution is -0.119. The van der Waals surface area contributed by atoms with E-state index in [1.807, 2.05) is 74.5 Å². The molecule has 41 heavy (non-hydrogen) atoms. The van der Waals surface area contributed by atoms with Gasteiger partial charge < -0.3 is 14.8 Å². The van der Waals surface area contributed by atoms with E-state index in [1.165, 1.54) is 19.1 Å². The standard InChI is InChI=1S/C35H38FNO4/c1-23(2)34-33(31(41)21-25-10-6-4-7-11-25)32(26-12-8-5-9-13-26)35(27-14-16-28(36)17-15-27)37(34)19-18-29(39)22-30(40)20-24(3)38/h4-17,23,29-30,39-40H,18-22H2,1-3H3/t29-,30-/m1/s1. The van der Waals surface area contributed by atoms with Crippen molar-refractivity contribution in [1.29, 1.82) is 0 Å². The molecule has 214 valence electrons. The number of aliphatic hydroxyl groups excluding tert-OH is 2. The molecule has 0 saturated carbocycles. The lowest BCUT2D eigenvalue weighted by Crippen LogP contribution is -2.22. The third kappa shape index (κ3) is 7.46. The Kier molecular flexibility index (Phi) is 10.0. The number of Topliss-reactive ketones (excluding diaryl/α,β-unsaturated/α-hetero) is 2. The van der Waals surface area contributed by atoms with Crippen LogP contribution in [0.1, 0.15) is 67.6 Å². The lowest BCUT2D eigenvalue weighted by atomic mass is 9.90. The summed E-state index contributed by atoms with van der Waals surface area (Å²) in [6.45, 7) is 5.87. The van der Waals surface area contributed by atoms with Crippen molar-refractivity contribution in [2.45, 2.75) is 71.1 Å². The average molecular weight is 556 g/mol. The number of aliphatic hydroxyl groups is 2. The molecule has 0 amide bonds. The maximum Gasteiger partial charge on any atom is 0.169 e. The molecule has 2 atom stereocenters. The third-order valence-electron chi connectivity index (χ3n) is 7.27. The quantitative estimate of drug-likeness (QED) is 0.174. The Morgan fingerprint density at radius 3 is 2.02 bits per heavy atom. The van der Waals surface area contributed by atoms with Gasteiger partial charge in [0.05, 0.1) is 17.9 Å². The summed E-state index contributed by atoms with van der Waals surface area (Å²) in [5.41, 5.74) is 5.59. The molecule has 0 aliphatic heterocycles. The van der Waals surface area contributed by atoms with Crippen LogP contribution in [0.15, 0.2) is 84.9 Å². The second kappa shape index (κ2) is 13.7. The Morgan fingerprint density at radius 2 is 1.44 bits per heavy atom. The SMILES string of the molecule is CC(=O)C[C@@H](O)C[C@H](O)CCn1c(-c2ccc(F)cc2)c(-c2ccccc2)c(C(=O)Cc2ccccc2)c1C(C)C. The summed E-state index contributed by atoms with van der Waals surface area (Å²) in [6.07, 6.45) is -1.16. The molecule has 0 aliphatic rings. The van der Waals surface area contributed by atoms with Gasteiger partial charge in [0.1, 0.15) is 11.6 Å². The maximum absolute atomic E-state index is 14.2. The number of nitrogens with zero attached hydrogens (tertiary/aromatic N) is 1. The first-order valence-electron chi connectivity index (χ1n) is 14.2. The molecule has 0 unspecified atom stereocenters. The van der Waals surface area contributed by atoms with Crippen LogP contribution in [-0.2, 0) is 17.8 Å². The van der Waals surface area contributed by atoms with Crippen LogP contribution < -0.4 is 0 Å². The first-order chi connectivity index (χ1) is 19.7. The van der Waals surface area contributed by atoms with Crippen molar-refractivity contribution in [3.8, 4) is 22.4 Å². The van der Waals surface area contributed by atoms with Gasteiger partial charge in [0.2, 0.25) is 0 Å². The van der Waals surface area contributed by atoms with Crippen LogP contribution in [0.25, 0.3) is 22.4 Å². The van der Waals surface area contributed by atoms with Crippen LogP contribution in [0.3, 0.4) is 0 Å². The molecule has 0 fully saturated rings. The minimum absolute atomic E-state index is 0.00502. The topological polar surface area (TPSA) is 79.5 Å². The zero-order chi connectivity index (χ0) is 29.5. The first-order valence-corrected chi connectivity index (χ1v) is 14.2. The van der Waals surface area contributed by atoms with Crippen molar-refractivity contribution >= 4 is 11.6 Å². The van der Waals surface area contributed by atoms with Gasteiger partial charge >= 0.3 is 0 Å². The van der Waals surface area contributed by atoms with Gasteiger partial charge in [-0.1, -0.05) is 74.5 Å². The van der Waals surface area contributed by atoms with Gasteiger partial charge in [-0.2, -0.15) is 0 Å². The zero-order valence-corrected chi connectivity index (χ0v) is 23.9. The fourth-order valence-corrected chi connectivity index (χ4v) is 5.54. The van der Waals surface area contributed by atoms with Gasteiger partial charge in [0.15, 0.2) is 5.78 Å². The van der Waals surface area contributed by atoms with Gasteiger partial charge in [0.25, 0.3) is 0 Å². The Bertz CT molecular complexity index is 1460. The van der Waals surface area contributed by atoms with E-state index < -0.39 is 12.2 Å². The minimum atomic E-state index is -0.920. The zero-order valence-electron chi connectivity index (χ0n) is 23.9. The van der Waals surface area contributed by atoms with Crippen LogP contribution in [0.2, 0.25) is 0 Å². The molecule has 1 heterocycles. The third-order valence-corrected chi connectivity index (χ3v) is 7.27. The van der Waals surface area contributed by atoms with E-state index in [0.29, 0.717) is 18.5 Å². The van der Waals surface area contributed by atoms with E-state index >= 15 is 0 Å². The number of hydrogen-bond donors (Lipinski definition) is 2. The smallest absolute Gasteiger partial charge is 0.169 e. The summed E-state index contributed by atoms with van der Waals surface area (Å²) in [5.74, 6) is -0.544. The van der Waals surface area contributed by atoms with Crippen molar-refractivity contribution in [2.24, 2.45) is 0 Å². The van der Waals surface area contributed by atoms with Crippen molar-refractivity contribution in [1.82, 2.24) is 4.57 Å². The second-order valence-corrected chi connectivity index (χ2v) is 11.0. The molecule has 4 aromatic rings. The number of benzene rings is 3. The van der Waals surface area contributed by atoms with E-state index in [-0.39, 0.29) is 42.6 Å². The summed E-state index contributed by atoms with van der Waals surface area (Å²) in [4.78, 5) is 25.6. The average Bonchev–Trinajstić information content (AvgIpc) is 3.28. The number of ketones is 2. The molecule has 0 aliphatic carbocycles. The fourth-order valence-electron chi connectivity index (χ4n) is 5.54. The van der Waals surface area contributed by atoms with Crippen LogP contribution in [0, 0.1) is 5.82 Å². The molecule has 0 spiro atoms. The van der Waals surface area contributed by atoms with Crippen LogP contribution in [-0.4, -0.2) is 38.6 Å². The number of aromatic nitrogens is 1. The second-order valence-electron chi connectivity index (χ2n) is 11.0. The Morgan fingerprint density at radius 1 is 0.829 bits per heavy atom. The summed E-state index contributed by atoms with van der Waals surface area (Å²) < 4.78 is 16.1.